The van der Waals surface area contributed by atoms with Crippen LogP contribution in [0.3, 0.4) is 0 Å². The second-order valence-corrected chi connectivity index (χ2v) is 3.81. The maximum atomic E-state index is 12.4. The molecule has 0 aromatic carbocycles. The first kappa shape index (κ1) is 12.1. The zero-order chi connectivity index (χ0) is 11.4. The maximum absolute atomic E-state index is 12.4. The largest absolute Gasteiger partial charge is 0.494 e. The third kappa shape index (κ3) is 2.75. The van der Waals surface area contributed by atoms with Crippen LogP contribution in [0.1, 0.15) is 17.8 Å². The Balaban J connectivity index is 3.26. The fourth-order valence-corrected chi connectivity index (χ4v) is 1.94. The Morgan fingerprint density at radius 3 is 2.80 bits per heavy atom. The summed E-state index contributed by atoms with van der Waals surface area (Å²) in [4.78, 5) is 3.69. The number of aromatic nitrogens is 1. The number of nitriles is 1. The van der Waals surface area contributed by atoms with Gasteiger partial charge in [-0.15, -0.1) is 0 Å². The van der Waals surface area contributed by atoms with Gasteiger partial charge >= 0.3 is 0 Å². The molecule has 1 heterocycles. The van der Waals surface area contributed by atoms with Gasteiger partial charge in [-0.1, -0.05) is 0 Å². The molecular formula is C9H7F2IN2O. The topological polar surface area (TPSA) is 45.9 Å². The SMILES string of the molecule is COc1c(I)cc(C(F)F)nc1CC#N. The molecule has 0 saturated carbocycles. The molecule has 80 valence electrons. The van der Waals surface area contributed by atoms with Gasteiger partial charge in [0.25, 0.3) is 6.43 Å². The molecule has 0 aliphatic rings. The van der Waals surface area contributed by atoms with E-state index in [-0.39, 0.29) is 17.8 Å². The zero-order valence-electron chi connectivity index (χ0n) is 7.80. The zero-order valence-corrected chi connectivity index (χ0v) is 9.96. The van der Waals surface area contributed by atoms with Gasteiger partial charge in [-0.3, -0.25) is 0 Å². The number of ether oxygens (including phenoxy) is 1. The number of alkyl halides is 2. The van der Waals surface area contributed by atoms with Crippen LogP contribution in [-0.2, 0) is 6.42 Å². The minimum Gasteiger partial charge on any atom is -0.494 e. The summed E-state index contributed by atoms with van der Waals surface area (Å²) >= 11 is 1.88. The summed E-state index contributed by atoms with van der Waals surface area (Å²) in [5.74, 6) is 0.390. The van der Waals surface area contributed by atoms with E-state index in [0.29, 0.717) is 9.32 Å². The number of nitrogens with zero attached hydrogens (tertiary/aromatic N) is 2. The van der Waals surface area contributed by atoms with Gasteiger partial charge in [0.05, 0.1) is 28.9 Å². The molecule has 0 saturated heterocycles. The maximum Gasteiger partial charge on any atom is 0.280 e. The van der Waals surface area contributed by atoms with Gasteiger partial charge in [-0.2, -0.15) is 5.26 Å². The molecule has 0 unspecified atom stereocenters. The van der Waals surface area contributed by atoms with Crippen LogP contribution in [0.25, 0.3) is 0 Å². The van der Waals surface area contributed by atoms with E-state index in [9.17, 15) is 8.78 Å². The van der Waals surface area contributed by atoms with Crippen molar-refractivity contribution in [3.8, 4) is 11.8 Å². The Morgan fingerprint density at radius 2 is 2.33 bits per heavy atom. The van der Waals surface area contributed by atoms with E-state index in [1.807, 2.05) is 28.7 Å². The Kier molecular flexibility index (Phi) is 4.20. The first-order valence-corrected chi connectivity index (χ1v) is 5.06. The van der Waals surface area contributed by atoms with Crippen LogP contribution in [0.2, 0.25) is 0 Å². The molecule has 3 nitrogen and oxygen atoms in total. The van der Waals surface area contributed by atoms with Crippen molar-refractivity contribution < 1.29 is 13.5 Å². The third-order valence-corrected chi connectivity index (χ3v) is 2.49. The standard InChI is InChI=1S/C9H7F2IN2O/c1-15-8-5(12)4-7(9(10)11)14-6(8)2-3-13/h4,9H,2H2,1H3. The summed E-state index contributed by atoms with van der Waals surface area (Å²) in [5, 5.41) is 8.52. The molecule has 15 heavy (non-hydrogen) atoms. The van der Waals surface area contributed by atoms with Crippen LogP contribution in [0.15, 0.2) is 6.07 Å². The number of methoxy groups -OCH3 is 1. The summed E-state index contributed by atoms with van der Waals surface area (Å²) in [6.07, 6.45) is -2.68. The van der Waals surface area contributed by atoms with E-state index in [0.717, 1.165) is 0 Å². The highest BCUT2D eigenvalue weighted by Gasteiger charge is 2.16. The second-order valence-electron chi connectivity index (χ2n) is 2.64. The normalized spacial score (nSPS) is 10.1. The van der Waals surface area contributed by atoms with Crippen molar-refractivity contribution in [3.05, 3.63) is 21.0 Å². The monoisotopic (exact) mass is 324 g/mol. The Bertz CT molecular complexity index is 404. The van der Waals surface area contributed by atoms with Crippen LogP contribution in [-0.4, -0.2) is 12.1 Å². The van der Waals surface area contributed by atoms with Crippen LogP contribution in [0, 0.1) is 14.9 Å². The minimum atomic E-state index is -2.64. The van der Waals surface area contributed by atoms with Crippen molar-refractivity contribution in [1.82, 2.24) is 4.98 Å². The number of pyridine rings is 1. The van der Waals surface area contributed by atoms with E-state index < -0.39 is 6.43 Å². The van der Waals surface area contributed by atoms with Gasteiger partial charge in [0, 0.05) is 0 Å². The highest BCUT2D eigenvalue weighted by molar-refractivity contribution is 14.1. The lowest BCUT2D eigenvalue weighted by Gasteiger charge is -2.09. The molecule has 0 spiro atoms. The molecule has 0 radical (unpaired) electrons. The van der Waals surface area contributed by atoms with Crippen LogP contribution < -0.4 is 4.74 Å². The van der Waals surface area contributed by atoms with E-state index in [2.05, 4.69) is 4.98 Å². The van der Waals surface area contributed by atoms with Crippen molar-refractivity contribution in [2.45, 2.75) is 12.8 Å². The number of hydrogen-bond donors (Lipinski definition) is 0. The quantitative estimate of drug-likeness (QED) is 0.803. The fourth-order valence-electron chi connectivity index (χ4n) is 1.09. The van der Waals surface area contributed by atoms with Gasteiger partial charge in [0.15, 0.2) is 5.75 Å². The average Bonchev–Trinajstić information content (AvgIpc) is 2.17. The Labute approximate surface area is 99.2 Å². The van der Waals surface area contributed by atoms with Gasteiger partial charge in [-0.05, 0) is 28.7 Å². The highest BCUT2D eigenvalue weighted by Crippen LogP contribution is 2.28. The lowest BCUT2D eigenvalue weighted by Crippen LogP contribution is -2.02. The van der Waals surface area contributed by atoms with E-state index in [4.69, 9.17) is 10.00 Å². The predicted octanol–water partition coefficient (Wildman–Crippen LogP) is 2.70. The van der Waals surface area contributed by atoms with Crippen LogP contribution in [0.4, 0.5) is 8.78 Å². The van der Waals surface area contributed by atoms with E-state index in [1.54, 1.807) is 0 Å². The van der Waals surface area contributed by atoms with E-state index in [1.165, 1.54) is 13.2 Å². The lowest BCUT2D eigenvalue weighted by molar-refractivity contribution is 0.145. The molecule has 0 aliphatic heterocycles. The molecule has 0 fully saturated rings. The summed E-state index contributed by atoms with van der Waals surface area (Å²) < 4.78 is 30.4. The molecule has 0 aliphatic carbocycles. The Morgan fingerprint density at radius 1 is 1.67 bits per heavy atom. The number of hydrogen-bond acceptors (Lipinski definition) is 3. The van der Waals surface area contributed by atoms with Gasteiger partial charge in [0.1, 0.15) is 5.69 Å². The van der Waals surface area contributed by atoms with Crippen molar-refractivity contribution in [2.75, 3.05) is 7.11 Å². The molecule has 1 aromatic rings. The lowest BCUT2D eigenvalue weighted by atomic mass is 10.2. The Hall–Kier alpha value is -0.970. The molecule has 0 N–H and O–H groups in total. The van der Waals surface area contributed by atoms with Crippen molar-refractivity contribution in [1.29, 1.82) is 5.26 Å². The molecular weight excluding hydrogens is 317 g/mol. The fraction of sp³-hybridized carbons (Fsp3) is 0.333. The molecule has 0 atom stereocenters. The van der Waals surface area contributed by atoms with Gasteiger partial charge < -0.3 is 4.74 Å². The average molecular weight is 324 g/mol. The third-order valence-electron chi connectivity index (χ3n) is 1.69. The molecule has 0 amide bonds. The van der Waals surface area contributed by atoms with Crippen molar-refractivity contribution in [2.24, 2.45) is 0 Å². The number of rotatable bonds is 3. The molecule has 6 heteroatoms. The highest BCUT2D eigenvalue weighted by atomic mass is 127. The molecule has 0 bridgehead atoms. The summed E-state index contributed by atoms with van der Waals surface area (Å²) in [6, 6.07) is 3.12. The first-order chi connectivity index (χ1) is 7.10. The molecule has 1 aromatic heterocycles. The van der Waals surface area contributed by atoms with Gasteiger partial charge in [0.2, 0.25) is 0 Å². The second kappa shape index (κ2) is 5.21. The van der Waals surface area contributed by atoms with Crippen molar-refractivity contribution >= 4 is 22.6 Å². The summed E-state index contributed by atoms with van der Waals surface area (Å²) in [6.45, 7) is 0. The summed E-state index contributed by atoms with van der Waals surface area (Å²) in [5.41, 5.74) is -0.0762. The predicted molar refractivity (Wildman–Crippen MR) is 57.8 cm³/mol. The van der Waals surface area contributed by atoms with E-state index >= 15 is 0 Å². The summed E-state index contributed by atoms with van der Waals surface area (Å²) in [7, 11) is 1.42. The first-order valence-electron chi connectivity index (χ1n) is 3.98. The smallest absolute Gasteiger partial charge is 0.280 e. The minimum absolute atomic E-state index is 0.0419. The van der Waals surface area contributed by atoms with Crippen LogP contribution in [0.5, 0.6) is 5.75 Å². The van der Waals surface area contributed by atoms with Crippen LogP contribution >= 0.6 is 22.6 Å². The molecule has 1 rings (SSSR count). The van der Waals surface area contributed by atoms with Crippen molar-refractivity contribution in [3.63, 3.8) is 0 Å². The number of halogens is 3. The van der Waals surface area contributed by atoms with Gasteiger partial charge in [-0.25, -0.2) is 13.8 Å².